The minimum Gasteiger partial charge on any atom is -0.397 e. The van der Waals surface area contributed by atoms with E-state index in [1.807, 2.05) is 48.5 Å². The summed E-state index contributed by atoms with van der Waals surface area (Å²) in [7, 11) is 1.96. The van der Waals surface area contributed by atoms with Gasteiger partial charge in [-0.3, -0.25) is 4.98 Å². The average Bonchev–Trinajstić information content (AvgIpc) is 2.30. The zero-order valence-corrected chi connectivity index (χ0v) is 10.4. The highest BCUT2D eigenvalue weighted by molar-refractivity contribution is 6.33. The Balaban J connectivity index is 2.23. The van der Waals surface area contributed by atoms with Crippen LogP contribution in [0.4, 0.5) is 11.4 Å². The molecule has 88 valence electrons. The normalized spacial score (nSPS) is 10.2. The summed E-state index contributed by atoms with van der Waals surface area (Å²) in [5.41, 5.74) is 8.60. The number of nitrogens with zero attached hydrogens (tertiary/aromatic N) is 2. The highest BCUT2D eigenvalue weighted by atomic mass is 35.5. The molecule has 0 saturated heterocycles. The topological polar surface area (TPSA) is 42.2 Å². The van der Waals surface area contributed by atoms with Crippen molar-refractivity contribution in [1.82, 2.24) is 4.98 Å². The lowest BCUT2D eigenvalue weighted by Gasteiger charge is -2.22. The Hall–Kier alpha value is -1.74. The molecule has 2 N–H and O–H groups in total. The van der Waals surface area contributed by atoms with Crippen molar-refractivity contribution in [3.05, 3.63) is 53.3 Å². The summed E-state index contributed by atoms with van der Waals surface area (Å²) < 4.78 is 0. The van der Waals surface area contributed by atoms with Gasteiger partial charge in [-0.05, 0) is 23.8 Å². The Morgan fingerprint density at radius 3 is 2.76 bits per heavy atom. The van der Waals surface area contributed by atoms with Crippen LogP contribution in [-0.2, 0) is 6.54 Å². The van der Waals surface area contributed by atoms with Crippen LogP contribution < -0.4 is 10.6 Å². The number of halogens is 1. The fraction of sp³-hybridized carbons (Fsp3) is 0.154. The monoisotopic (exact) mass is 247 g/mol. The molecule has 0 spiro atoms. The van der Waals surface area contributed by atoms with E-state index in [-0.39, 0.29) is 0 Å². The van der Waals surface area contributed by atoms with Crippen LogP contribution in [0.2, 0.25) is 5.02 Å². The van der Waals surface area contributed by atoms with Crippen LogP contribution in [-0.4, -0.2) is 12.0 Å². The molecule has 0 unspecified atom stereocenters. The van der Waals surface area contributed by atoms with E-state index in [0.717, 1.165) is 17.8 Å². The molecular formula is C13H14ClN3. The first-order valence-corrected chi connectivity index (χ1v) is 5.70. The van der Waals surface area contributed by atoms with Crippen molar-refractivity contribution >= 4 is 23.0 Å². The molecule has 0 saturated carbocycles. The standard InChI is InChI=1S/C13H14ClN3/c1-17(9-10-4-3-7-16-8-10)13-11(14)5-2-6-12(13)15/h2-8H,9,15H2,1H3. The molecule has 1 aromatic carbocycles. The van der Waals surface area contributed by atoms with Crippen LogP contribution in [0.15, 0.2) is 42.7 Å². The molecule has 0 radical (unpaired) electrons. The van der Waals surface area contributed by atoms with Gasteiger partial charge in [-0.2, -0.15) is 0 Å². The molecule has 0 aliphatic heterocycles. The number of para-hydroxylation sites is 1. The van der Waals surface area contributed by atoms with E-state index >= 15 is 0 Å². The lowest BCUT2D eigenvalue weighted by atomic mass is 10.2. The lowest BCUT2D eigenvalue weighted by Crippen LogP contribution is -2.18. The van der Waals surface area contributed by atoms with Crippen molar-refractivity contribution in [3.63, 3.8) is 0 Å². The fourth-order valence-electron chi connectivity index (χ4n) is 1.78. The molecule has 2 aromatic rings. The van der Waals surface area contributed by atoms with E-state index in [2.05, 4.69) is 4.98 Å². The molecule has 0 amide bonds. The number of hydrogen-bond donors (Lipinski definition) is 1. The Labute approximate surface area is 106 Å². The first kappa shape index (κ1) is 11.7. The van der Waals surface area contributed by atoms with Crippen molar-refractivity contribution in [1.29, 1.82) is 0 Å². The predicted octanol–water partition coefficient (Wildman–Crippen LogP) is 2.95. The Morgan fingerprint density at radius 2 is 2.12 bits per heavy atom. The van der Waals surface area contributed by atoms with Crippen molar-refractivity contribution in [2.75, 3.05) is 17.7 Å². The molecule has 1 aromatic heterocycles. The molecule has 2 rings (SSSR count). The van der Waals surface area contributed by atoms with Gasteiger partial charge >= 0.3 is 0 Å². The third kappa shape index (κ3) is 2.68. The van der Waals surface area contributed by atoms with Gasteiger partial charge < -0.3 is 10.6 Å². The minimum absolute atomic E-state index is 0.663. The molecule has 1 heterocycles. The zero-order valence-electron chi connectivity index (χ0n) is 9.60. The van der Waals surface area contributed by atoms with Crippen molar-refractivity contribution < 1.29 is 0 Å². The number of anilines is 2. The second-order valence-corrected chi connectivity index (χ2v) is 4.30. The second-order valence-electron chi connectivity index (χ2n) is 3.90. The zero-order chi connectivity index (χ0) is 12.3. The average molecular weight is 248 g/mol. The number of nitrogens with two attached hydrogens (primary N) is 1. The highest BCUT2D eigenvalue weighted by Gasteiger charge is 2.09. The predicted molar refractivity (Wildman–Crippen MR) is 72.2 cm³/mol. The van der Waals surface area contributed by atoms with Gasteiger partial charge in [0, 0.05) is 26.0 Å². The van der Waals surface area contributed by atoms with Gasteiger partial charge in [-0.25, -0.2) is 0 Å². The number of rotatable bonds is 3. The largest absolute Gasteiger partial charge is 0.397 e. The molecule has 17 heavy (non-hydrogen) atoms. The molecule has 4 heteroatoms. The summed E-state index contributed by atoms with van der Waals surface area (Å²) in [6.07, 6.45) is 3.59. The molecule has 0 aliphatic carbocycles. The van der Waals surface area contributed by atoms with Crippen LogP contribution in [0.25, 0.3) is 0 Å². The second kappa shape index (κ2) is 5.06. The van der Waals surface area contributed by atoms with Crippen LogP contribution in [0.3, 0.4) is 0 Å². The lowest BCUT2D eigenvalue weighted by molar-refractivity contribution is 0.917. The Morgan fingerprint density at radius 1 is 1.29 bits per heavy atom. The van der Waals surface area contributed by atoms with E-state index in [4.69, 9.17) is 17.3 Å². The first-order chi connectivity index (χ1) is 8.18. The molecule has 0 bridgehead atoms. The maximum Gasteiger partial charge on any atom is 0.0789 e. The van der Waals surface area contributed by atoms with Gasteiger partial charge in [0.25, 0.3) is 0 Å². The summed E-state index contributed by atoms with van der Waals surface area (Å²) >= 11 is 6.15. The Bertz CT molecular complexity index is 479. The first-order valence-electron chi connectivity index (χ1n) is 5.32. The SMILES string of the molecule is CN(Cc1cccnc1)c1c(N)cccc1Cl. The van der Waals surface area contributed by atoms with Gasteiger partial charge in [-0.15, -0.1) is 0 Å². The van der Waals surface area contributed by atoms with E-state index in [1.165, 1.54) is 0 Å². The maximum absolute atomic E-state index is 6.15. The van der Waals surface area contributed by atoms with Gasteiger partial charge in [0.15, 0.2) is 0 Å². The molecule has 0 aliphatic rings. The number of aromatic nitrogens is 1. The summed E-state index contributed by atoms with van der Waals surface area (Å²) in [5.74, 6) is 0. The van der Waals surface area contributed by atoms with E-state index in [9.17, 15) is 0 Å². The summed E-state index contributed by atoms with van der Waals surface area (Å²) in [6.45, 7) is 0.724. The third-order valence-corrected chi connectivity index (χ3v) is 2.85. The van der Waals surface area contributed by atoms with Crippen LogP contribution in [0.5, 0.6) is 0 Å². The quantitative estimate of drug-likeness (QED) is 0.848. The van der Waals surface area contributed by atoms with Crippen LogP contribution in [0.1, 0.15) is 5.56 Å². The van der Waals surface area contributed by atoms with Gasteiger partial charge in [0.05, 0.1) is 16.4 Å². The van der Waals surface area contributed by atoms with Gasteiger partial charge in [-0.1, -0.05) is 23.7 Å². The van der Waals surface area contributed by atoms with E-state index in [0.29, 0.717) is 10.7 Å². The maximum atomic E-state index is 6.15. The van der Waals surface area contributed by atoms with E-state index in [1.54, 1.807) is 6.20 Å². The number of benzene rings is 1. The number of hydrogen-bond acceptors (Lipinski definition) is 3. The molecular weight excluding hydrogens is 234 g/mol. The summed E-state index contributed by atoms with van der Waals surface area (Å²) in [6, 6.07) is 9.47. The van der Waals surface area contributed by atoms with Gasteiger partial charge in [0.1, 0.15) is 0 Å². The minimum atomic E-state index is 0.663. The van der Waals surface area contributed by atoms with Crippen LogP contribution in [0, 0.1) is 0 Å². The summed E-state index contributed by atoms with van der Waals surface area (Å²) in [4.78, 5) is 6.11. The van der Waals surface area contributed by atoms with E-state index < -0.39 is 0 Å². The highest BCUT2D eigenvalue weighted by Crippen LogP contribution is 2.31. The van der Waals surface area contributed by atoms with Gasteiger partial charge in [0.2, 0.25) is 0 Å². The smallest absolute Gasteiger partial charge is 0.0789 e. The molecule has 0 atom stereocenters. The molecule has 0 fully saturated rings. The van der Waals surface area contributed by atoms with Crippen LogP contribution >= 0.6 is 11.6 Å². The van der Waals surface area contributed by atoms with Crippen molar-refractivity contribution in [2.24, 2.45) is 0 Å². The summed E-state index contributed by atoms with van der Waals surface area (Å²) in [5, 5.41) is 0.663. The molecule has 3 nitrogen and oxygen atoms in total. The third-order valence-electron chi connectivity index (χ3n) is 2.54. The van der Waals surface area contributed by atoms with Crippen molar-refractivity contribution in [2.45, 2.75) is 6.54 Å². The number of nitrogen functional groups attached to an aromatic ring is 1. The van der Waals surface area contributed by atoms with Crippen molar-refractivity contribution in [3.8, 4) is 0 Å². The number of pyridine rings is 1. The Kier molecular flexibility index (Phi) is 3.49. The fourth-order valence-corrected chi connectivity index (χ4v) is 2.11.